The minimum atomic E-state index is -2.61. The summed E-state index contributed by atoms with van der Waals surface area (Å²) >= 11 is 0. The van der Waals surface area contributed by atoms with E-state index in [1.807, 2.05) is 0 Å². The molecule has 26 N–H and O–H groups in total. The second-order valence-electron chi connectivity index (χ2n) is 30.9. The zero-order chi connectivity index (χ0) is 90.0. The summed E-state index contributed by atoms with van der Waals surface area (Å²) in [5, 5.41) is 83.0. The van der Waals surface area contributed by atoms with Crippen LogP contribution in [-0.2, 0) is 81.2 Å². The minimum absolute atomic E-state index is 0.00208. The number of rotatable bonds is 44. The quantitative estimate of drug-likeness (QED) is 0.00641. The molecule has 2 saturated carbocycles. The molecule has 3 aliphatic carbocycles. The van der Waals surface area contributed by atoms with Crippen LogP contribution in [-0.4, -0.2) is 233 Å². The molecule has 3 aromatic carbocycles. The highest BCUT2D eigenvalue weighted by atomic mass is 33.1. The van der Waals surface area contributed by atoms with E-state index in [2.05, 4.69) is 53.2 Å². The van der Waals surface area contributed by atoms with Crippen LogP contribution in [0.15, 0.2) is 102 Å². The minimum Gasteiger partial charge on any atom is -0.461 e. The third-order valence-corrected chi connectivity index (χ3v) is 24.3. The number of guanidine groups is 4. The fourth-order valence-corrected chi connectivity index (χ4v) is 18.0. The van der Waals surface area contributed by atoms with Gasteiger partial charge in [0, 0.05) is 88.7 Å². The Kier molecular flexibility index (Phi) is 35.8. The van der Waals surface area contributed by atoms with Crippen molar-refractivity contribution in [3.8, 4) is 0 Å². The summed E-state index contributed by atoms with van der Waals surface area (Å²) in [7, 11) is 2.24. The van der Waals surface area contributed by atoms with Gasteiger partial charge in [-0.2, -0.15) is 0 Å². The molecule has 3 fully saturated rings. The van der Waals surface area contributed by atoms with Crippen molar-refractivity contribution in [2.45, 2.75) is 210 Å². The van der Waals surface area contributed by atoms with Gasteiger partial charge >= 0.3 is 29.8 Å². The van der Waals surface area contributed by atoms with Gasteiger partial charge < -0.3 is 120 Å². The van der Waals surface area contributed by atoms with Crippen LogP contribution in [0.1, 0.15) is 158 Å². The van der Waals surface area contributed by atoms with Crippen molar-refractivity contribution in [3.63, 3.8) is 0 Å². The van der Waals surface area contributed by atoms with Gasteiger partial charge in [-0.1, -0.05) is 102 Å². The lowest BCUT2D eigenvalue weighted by Gasteiger charge is -2.67. The number of hydrogen-bond acceptors (Lipinski definition) is 27. The molecule has 42 heteroatoms. The van der Waals surface area contributed by atoms with Crippen LogP contribution >= 0.6 is 21.6 Å². The molecular formula is C80H113N19O21S2. The second-order valence-corrected chi connectivity index (χ2v) is 33.5. The number of aliphatic hydroxyl groups excluding tert-OH is 1. The monoisotopic (exact) mass is 1740 g/mol. The maximum Gasteiger partial charge on any atom is 0.338 e. The topological polar surface area (TPSA) is 664 Å². The highest BCUT2D eigenvalue weighted by molar-refractivity contribution is 8.76. The summed E-state index contributed by atoms with van der Waals surface area (Å²) < 4.78 is 37.9. The highest BCUT2D eigenvalue weighted by Gasteiger charge is 2.79. The molecule has 2 bridgehead atoms. The molecule has 4 aliphatic rings. The molecule has 0 unspecified atom stereocenters. The van der Waals surface area contributed by atoms with Gasteiger partial charge in [-0.3, -0.25) is 74.4 Å². The molecule has 3 aromatic rings. The third kappa shape index (κ3) is 25.7. The van der Waals surface area contributed by atoms with Gasteiger partial charge in [0.25, 0.3) is 5.91 Å². The number of esters is 5. The fourth-order valence-electron chi connectivity index (χ4n) is 15.7. The zero-order valence-electron chi connectivity index (χ0n) is 69.0. The van der Waals surface area contributed by atoms with E-state index in [1.54, 1.807) is 66.7 Å². The Morgan fingerprint density at radius 2 is 1.04 bits per heavy atom. The Balaban J connectivity index is 1.14. The Hall–Kier alpha value is -11.6. The van der Waals surface area contributed by atoms with Crippen LogP contribution in [0.4, 0.5) is 0 Å². The summed E-state index contributed by atoms with van der Waals surface area (Å²) in [4.78, 5) is 185. The molecule has 1 heterocycles. The van der Waals surface area contributed by atoms with E-state index < -0.39 is 203 Å². The number of carbonyl (C=O) groups is 13. The van der Waals surface area contributed by atoms with Gasteiger partial charge in [0.1, 0.15) is 60.2 Å². The van der Waals surface area contributed by atoms with Crippen molar-refractivity contribution in [2.75, 3.05) is 44.3 Å². The lowest BCUT2D eigenvalue weighted by molar-refractivity contribution is -0.346. The van der Waals surface area contributed by atoms with E-state index in [1.165, 1.54) is 52.0 Å². The summed E-state index contributed by atoms with van der Waals surface area (Å²) in [6.45, 7) is 8.89. The first kappa shape index (κ1) is 97.5. The van der Waals surface area contributed by atoms with Crippen molar-refractivity contribution in [1.29, 1.82) is 21.6 Å². The normalized spacial score (nSPS) is 22.7. The number of primary amides is 1. The molecule has 0 aromatic heterocycles. The third-order valence-electron chi connectivity index (χ3n) is 21.8. The van der Waals surface area contributed by atoms with Gasteiger partial charge in [0.05, 0.1) is 29.5 Å². The summed E-state index contributed by atoms with van der Waals surface area (Å²) in [6.07, 6.45) is -12.1. The van der Waals surface area contributed by atoms with Crippen molar-refractivity contribution in [3.05, 3.63) is 119 Å². The van der Waals surface area contributed by atoms with Gasteiger partial charge in [-0.25, -0.2) is 9.59 Å². The molecule has 7 rings (SSSR count). The number of nitrogens with one attached hydrogen (secondary N) is 14. The molecule has 16 atom stereocenters. The summed E-state index contributed by atoms with van der Waals surface area (Å²) in [6, 6.07) is 15.2. The van der Waals surface area contributed by atoms with E-state index in [-0.39, 0.29) is 148 Å². The molecule has 1 aliphatic heterocycles. The molecular weight excluding hydrogens is 1630 g/mol. The lowest BCUT2D eigenvalue weighted by atomic mass is 9.44. The number of benzene rings is 3. The number of hydrogen-bond donors (Lipinski definition) is 21. The van der Waals surface area contributed by atoms with Gasteiger partial charge in [0.2, 0.25) is 35.4 Å². The summed E-state index contributed by atoms with van der Waals surface area (Å²) in [5.74, 6) is -15.3. The number of aliphatic hydroxyl groups is 2. The number of ketones is 1. The van der Waals surface area contributed by atoms with E-state index in [9.17, 15) is 67.7 Å². The van der Waals surface area contributed by atoms with Crippen LogP contribution in [0.25, 0.3) is 0 Å². The van der Waals surface area contributed by atoms with Crippen molar-refractivity contribution >= 4 is 122 Å². The lowest BCUT2D eigenvalue weighted by Crippen LogP contribution is -2.82. The SMILES string of the molecule is CC(=O)N[C@H](CSSCCCC(=O)O[C@H]1C[C@H]2OC[C@@]2(OC(C)=O)[C@H]2[C@H](OC(=O)c3ccccc3)[C@]3(O)C[C@H](OC(=O)[C@H](O)[C@@H](NC(=O)c4ccccc4)c4ccccc4)C(C)=C([C@@H](OC(C)=O)C(=O)[C@]12C)C3(C)C)C(=O)N[C@H](CCCNC(=N)N)C(=O)N[C@H](CCCNC(=N)N)C(=O)N[C@H](CCCNC(=N)N)C(=O)N[C@H](CCCNC(=N)N)C(N)=O. The Morgan fingerprint density at radius 3 is 1.49 bits per heavy atom. The summed E-state index contributed by atoms with van der Waals surface area (Å²) in [5.41, 5.74) is 19.1. The fraction of sp³-hybridized carbons (Fsp3) is 0.537. The first-order chi connectivity index (χ1) is 57.7. The molecule has 666 valence electrons. The average molecular weight is 1740 g/mol. The maximum absolute atomic E-state index is 16.7. The number of Topliss-reactive ketones (excluding diaryl/α,β-unsaturated/α-hetero) is 1. The smallest absolute Gasteiger partial charge is 0.338 e. The van der Waals surface area contributed by atoms with Crippen molar-refractivity contribution in [1.82, 2.24) is 53.2 Å². The average Bonchev–Trinajstić information content (AvgIpc) is 0.666. The van der Waals surface area contributed by atoms with Gasteiger partial charge in [-0.15, -0.1) is 0 Å². The predicted octanol–water partition coefficient (Wildman–Crippen LogP) is -0.570. The van der Waals surface area contributed by atoms with Crippen LogP contribution in [0, 0.1) is 38.4 Å². The van der Waals surface area contributed by atoms with E-state index >= 15 is 4.79 Å². The van der Waals surface area contributed by atoms with E-state index in [0.717, 1.165) is 42.4 Å². The van der Waals surface area contributed by atoms with Crippen molar-refractivity contribution < 1.29 is 101 Å². The Morgan fingerprint density at radius 1 is 0.574 bits per heavy atom. The number of nitrogens with two attached hydrogens (primary N) is 5. The number of fused-ring (bicyclic) bond motifs is 5. The second kappa shape index (κ2) is 44.8. The van der Waals surface area contributed by atoms with Crippen molar-refractivity contribution in [2.24, 2.45) is 45.4 Å². The van der Waals surface area contributed by atoms with Gasteiger partial charge in [-0.05, 0) is 113 Å². The molecule has 122 heavy (non-hydrogen) atoms. The number of carbonyl (C=O) groups excluding carboxylic acids is 13. The standard InChI is InChI=1S/C80H113N19O21S2/c1-42-54(117-72(113)60(104)59(46-22-11-8-12-23-46)99-66(107)47-24-13-9-14-25-47)39-80(114)64(119-71(112)48-26-15-10-16-27-48)62-78(7,63(105)61(116-44(3)101)58(42)77(80,5)6)55(38-56-79(62,41-115-56)120-45(4)102)118-57(103)32-21-37-121-122-40-53(94-43(2)100)70(111)98-52(31-20-36-93-76(88)89)69(110)97-51(30-19-35-92-75(86)87)68(109)96-50(29-18-34-91-74(84)85)67(108)95-49(65(81)106)28-17-33-90-73(82)83/h8-16,22-27,49-56,59-62,64,104,114H,17-21,28-41H2,1-7H3,(H2,81,106)(H,94,100)(H,95,108)(H,96,109)(H,97,110)(H,98,111)(H,99,107)(H4,82,83,90)(H4,84,85,91)(H4,86,87,92)(H4,88,89,93)/t49-,50-,51-,52-,53-,54+,55+,56-,59+,60-,61-,62+,64+,78-,79+,80-/m1/s1. The molecule has 1 saturated heterocycles. The Labute approximate surface area is 712 Å². The molecule has 7 amide bonds. The number of amides is 7. The molecule has 0 radical (unpaired) electrons. The van der Waals surface area contributed by atoms with Gasteiger partial charge in [0.15, 0.2) is 47.4 Å². The maximum atomic E-state index is 16.7. The zero-order valence-corrected chi connectivity index (χ0v) is 70.6. The molecule has 0 spiro atoms. The first-order valence-corrected chi connectivity index (χ1v) is 42.2. The van der Waals surface area contributed by atoms with Crippen LogP contribution < -0.4 is 81.8 Å². The number of ether oxygens (including phenoxy) is 6. The first-order valence-electron chi connectivity index (χ1n) is 39.7. The van der Waals surface area contributed by atoms with Crippen LogP contribution in [0.2, 0.25) is 0 Å². The largest absolute Gasteiger partial charge is 0.461 e. The Bertz CT molecular complexity index is 4350. The highest BCUT2D eigenvalue weighted by Crippen LogP contribution is 2.65. The van der Waals surface area contributed by atoms with E-state index in [4.69, 9.17) is 78.7 Å². The molecule has 40 nitrogen and oxygen atoms in total. The van der Waals surface area contributed by atoms with Crippen LogP contribution in [0.5, 0.6) is 0 Å². The predicted molar refractivity (Wildman–Crippen MR) is 447 cm³/mol. The van der Waals surface area contributed by atoms with Crippen LogP contribution in [0.3, 0.4) is 0 Å². The van der Waals surface area contributed by atoms with E-state index in [0.29, 0.717) is 0 Å².